The third kappa shape index (κ3) is 3.72. The fourth-order valence-corrected chi connectivity index (χ4v) is 2.38. The van der Waals surface area contributed by atoms with E-state index in [-0.39, 0.29) is 5.75 Å². The molecule has 2 heterocycles. The Morgan fingerprint density at radius 2 is 1.88 bits per heavy atom. The number of hydrogen-bond acceptors (Lipinski definition) is 6. The maximum atomic E-state index is 9.46. The maximum Gasteiger partial charge on any atom is 0.225 e. The van der Waals surface area contributed by atoms with Crippen LogP contribution in [0.1, 0.15) is 6.92 Å². The van der Waals surface area contributed by atoms with Gasteiger partial charge in [-0.25, -0.2) is 4.98 Å². The van der Waals surface area contributed by atoms with Gasteiger partial charge in [0.2, 0.25) is 5.95 Å². The van der Waals surface area contributed by atoms with Crippen molar-refractivity contribution in [2.45, 2.75) is 6.92 Å². The standard InChI is InChI=1S/C17H16ClN5O/c1-2-20-17-22-15(11-5-7-19-8-6-11)10-16(23-17)21-14-4-3-12(24)9-13(14)18/h3-10,24H,2H2,1H3,(H2,20,21,22,23). The molecule has 3 aromatic rings. The van der Waals surface area contributed by atoms with E-state index in [0.717, 1.165) is 11.3 Å². The summed E-state index contributed by atoms with van der Waals surface area (Å²) in [6.45, 7) is 2.69. The fourth-order valence-electron chi connectivity index (χ4n) is 2.16. The van der Waals surface area contributed by atoms with Gasteiger partial charge in [-0.1, -0.05) is 11.6 Å². The molecule has 0 unspecified atom stereocenters. The summed E-state index contributed by atoms with van der Waals surface area (Å²) >= 11 is 6.15. The van der Waals surface area contributed by atoms with Crippen LogP contribution in [-0.4, -0.2) is 26.6 Å². The number of nitrogens with one attached hydrogen (secondary N) is 2. The number of nitrogens with zero attached hydrogens (tertiary/aromatic N) is 3. The Kier molecular flexibility index (Phi) is 4.77. The molecular weight excluding hydrogens is 326 g/mol. The molecule has 6 nitrogen and oxygen atoms in total. The van der Waals surface area contributed by atoms with Gasteiger partial charge < -0.3 is 15.7 Å². The first-order valence-corrected chi connectivity index (χ1v) is 7.82. The molecule has 0 saturated carbocycles. The highest BCUT2D eigenvalue weighted by Crippen LogP contribution is 2.29. The van der Waals surface area contributed by atoms with Crippen LogP contribution in [0.15, 0.2) is 48.8 Å². The summed E-state index contributed by atoms with van der Waals surface area (Å²) in [6.07, 6.45) is 3.43. The number of anilines is 3. The van der Waals surface area contributed by atoms with Gasteiger partial charge in [0.25, 0.3) is 0 Å². The Labute approximate surface area is 144 Å². The Balaban J connectivity index is 1.99. The van der Waals surface area contributed by atoms with Gasteiger partial charge in [-0.05, 0) is 31.2 Å². The number of benzene rings is 1. The lowest BCUT2D eigenvalue weighted by atomic mass is 10.2. The van der Waals surface area contributed by atoms with E-state index in [2.05, 4.69) is 25.6 Å². The van der Waals surface area contributed by atoms with Crippen molar-refractivity contribution in [3.8, 4) is 17.0 Å². The van der Waals surface area contributed by atoms with Crippen molar-refractivity contribution in [3.63, 3.8) is 0 Å². The quantitative estimate of drug-likeness (QED) is 0.607. The number of phenols is 1. The van der Waals surface area contributed by atoms with Crippen molar-refractivity contribution in [1.29, 1.82) is 0 Å². The van der Waals surface area contributed by atoms with Crippen molar-refractivity contribution in [1.82, 2.24) is 15.0 Å². The van der Waals surface area contributed by atoms with E-state index in [1.807, 2.05) is 25.1 Å². The molecule has 3 rings (SSSR count). The highest BCUT2D eigenvalue weighted by Gasteiger charge is 2.08. The van der Waals surface area contributed by atoms with Crippen LogP contribution in [0.2, 0.25) is 5.02 Å². The lowest BCUT2D eigenvalue weighted by molar-refractivity contribution is 0.475. The molecule has 0 aliphatic rings. The van der Waals surface area contributed by atoms with Crippen LogP contribution in [0, 0.1) is 0 Å². The monoisotopic (exact) mass is 341 g/mol. The molecular formula is C17H16ClN5O. The van der Waals surface area contributed by atoms with Gasteiger partial charge in [0.15, 0.2) is 0 Å². The van der Waals surface area contributed by atoms with E-state index < -0.39 is 0 Å². The van der Waals surface area contributed by atoms with E-state index in [9.17, 15) is 5.11 Å². The summed E-state index contributed by atoms with van der Waals surface area (Å²) in [5.74, 6) is 1.23. The van der Waals surface area contributed by atoms with E-state index in [4.69, 9.17) is 11.6 Å². The Morgan fingerprint density at radius 1 is 1.08 bits per heavy atom. The average Bonchev–Trinajstić information content (AvgIpc) is 2.58. The van der Waals surface area contributed by atoms with E-state index in [1.165, 1.54) is 6.07 Å². The number of phenolic OH excluding ortho intramolecular Hbond substituents is 1. The van der Waals surface area contributed by atoms with E-state index in [1.54, 1.807) is 24.5 Å². The van der Waals surface area contributed by atoms with Crippen LogP contribution in [0.3, 0.4) is 0 Å². The molecule has 0 saturated heterocycles. The summed E-state index contributed by atoms with van der Waals surface area (Å²) in [7, 11) is 0. The molecule has 0 spiro atoms. The van der Waals surface area contributed by atoms with Crippen LogP contribution in [0.25, 0.3) is 11.3 Å². The van der Waals surface area contributed by atoms with Crippen LogP contribution >= 0.6 is 11.6 Å². The molecule has 0 bridgehead atoms. The Hall–Kier alpha value is -2.86. The molecule has 0 amide bonds. The normalized spacial score (nSPS) is 10.4. The largest absolute Gasteiger partial charge is 0.508 e. The van der Waals surface area contributed by atoms with Crippen molar-refractivity contribution < 1.29 is 5.11 Å². The van der Waals surface area contributed by atoms with Gasteiger partial charge in [-0.2, -0.15) is 4.98 Å². The Morgan fingerprint density at radius 3 is 2.58 bits per heavy atom. The van der Waals surface area contributed by atoms with Gasteiger partial charge in [-0.15, -0.1) is 0 Å². The number of pyridine rings is 1. The second-order valence-electron chi connectivity index (χ2n) is 5.02. The molecule has 0 radical (unpaired) electrons. The van der Waals surface area contributed by atoms with Crippen molar-refractivity contribution >= 4 is 29.1 Å². The SMILES string of the molecule is CCNc1nc(Nc2ccc(O)cc2Cl)cc(-c2ccncc2)n1. The maximum absolute atomic E-state index is 9.46. The summed E-state index contributed by atoms with van der Waals surface area (Å²) < 4.78 is 0. The zero-order valence-corrected chi connectivity index (χ0v) is 13.7. The van der Waals surface area contributed by atoms with Crippen molar-refractivity contribution in [2.75, 3.05) is 17.2 Å². The number of aromatic nitrogens is 3. The Bertz CT molecular complexity index is 842. The minimum absolute atomic E-state index is 0.110. The summed E-state index contributed by atoms with van der Waals surface area (Å²) in [4.78, 5) is 13.0. The van der Waals surface area contributed by atoms with E-state index in [0.29, 0.717) is 29.0 Å². The molecule has 2 aromatic heterocycles. The third-order valence-corrected chi connectivity index (χ3v) is 3.57. The molecule has 0 aliphatic heterocycles. The minimum Gasteiger partial charge on any atom is -0.508 e. The highest BCUT2D eigenvalue weighted by atomic mass is 35.5. The molecule has 7 heteroatoms. The van der Waals surface area contributed by atoms with E-state index >= 15 is 0 Å². The highest BCUT2D eigenvalue weighted by molar-refractivity contribution is 6.33. The second-order valence-corrected chi connectivity index (χ2v) is 5.42. The first kappa shape index (κ1) is 16.0. The fraction of sp³-hybridized carbons (Fsp3) is 0.118. The smallest absolute Gasteiger partial charge is 0.225 e. The molecule has 0 atom stereocenters. The number of rotatable bonds is 5. The van der Waals surface area contributed by atoms with Crippen LogP contribution in [0.4, 0.5) is 17.5 Å². The molecule has 122 valence electrons. The molecule has 0 aliphatic carbocycles. The van der Waals surface area contributed by atoms with Crippen molar-refractivity contribution in [3.05, 3.63) is 53.8 Å². The summed E-state index contributed by atoms with van der Waals surface area (Å²) in [5.41, 5.74) is 2.35. The molecule has 0 fully saturated rings. The molecule has 3 N–H and O–H groups in total. The van der Waals surface area contributed by atoms with Crippen LogP contribution < -0.4 is 10.6 Å². The number of hydrogen-bond donors (Lipinski definition) is 3. The van der Waals surface area contributed by atoms with Gasteiger partial charge in [-0.3, -0.25) is 4.98 Å². The minimum atomic E-state index is 0.110. The predicted octanol–water partition coefficient (Wildman–Crippen LogP) is 4.07. The van der Waals surface area contributed by atoms with Gasteiger partial charge in [0.1, 0.15) is 11.6 Å². The first-order valence-electron chi connectivity index (χ1n) is 7.44. The van der Waals surface area contributed by atoms with Gasteiger partial charge in [0.05, 0.1) is 16.4 Å². The summed E-state index contributed by atoms with van der Waals surface area (Å²) in [6, 6.07) is 10.3. The first-order chi connectivity index (χ1) is 11.7. The van der Waals surface area contributed by atoms with Crippen LogP contribution in [0.5, 0.6) is 5.75 Å². The third-order valence-electron chi connectivity index (χ3n) is 3.25. The predicted molar refractivity (Wildman–Crippen MR) is 95.8 cm³/mol. The zero-order chi connectivity index (χ0) is 16.9. The molecule has 1 aromatic carbocycles. The lowest BCUT2D eigenvalue weighted by Gasteiger charge is -2.12. The van der Waals surface area contributed by atoms with Gasteiger partial charge >= 0.3 is 0 Å². The average molecular weight is 342 g/mol. The number of halogens is 1. The lowest BCUT2D eigenvalue weighted by Crippen LogP contribution is -2.05. The summed E-state index contributed by atoms with van der Waals surface area (Å²) in [5, 5.41) is 16.1. The molecule has 24 heavy (non-hydrogen) atoms. The van der Waals surface area contributed by atoms with Crippen LogP contribution in [-0.2, 0) is 0 Å². The number of aromatic hydroxyl groups is 1. The van der Waals surface area contributed by atoms with Gasteiger partial charge in [0, 0.05) is 36.6 Å². The van der Waals surface area contributed by atoms with Crippen molar-refractivity contribution in [2.24, 2.45) is 0 Å². The zero-order valence-electron chi connectivity index (χ0n) is 13.0. The second kappa shape index (κ2) is 7.14. The topological polar surface area (TPSA) is 83.0 Å².